The van der Waals surface area contributed by atoms with Crippen LogP contribution < -0.4 is 25.4 Å². The number of aryl methyl sites for hydroxylation is 1. The molecule has 1 heterocycles. The van der Waals surface area contributed by atoms with Crippen LogP contribution in [0.2, 0.25) is 5.02 Å². The maximum atomic E-state index is 12.1. The molecule has 0 spiro atoms. The summed E-state index contributed by atoms with van der Waals surface area (Å²) in [5, 5.41) is 9.67. The van der Waals surface area contributed by atoms with E-state index in [0.717, 1.165) is 22.6 Å². The number of carbonyl (C=O) groups excluding carboxylic acids is 1. The van der Waals surface area contributed by atoms with Crippen molar-refractivity contribution < 1.29 is 14.3 Å². The molecular weight excluding hydrogens is 507 g/mol. The fraction of sp³-hybridized carbons (Fsp3) is 0.300. The minimum atomic E-state index is -0.121. The van der Waals surface area contributed by atoms with E-state index < -0.39 is 0 Å². The van der Waals surface area contributed by atoms with E-state index >= 15 is 0 Å². The molecule has 0 saturated carbocycles. The van der Waals surface area contributed by atoms with Gasteiger partial charge in [0.2, 0.25) is 12.7 Å². The minimum absolute atomic E-state index is 0. The third kappa shape index (κ3) is 6.67. The molecule has 29 heavy (non-hydrogen) atoms. The molecule has 9 heteroatoms. The average Bonchev–Trinajstić information content (AvgIpc) is 3.14. The number of nitrogens with zero attached hydrogens (tertiary/aromatic N) is 1. The van der Waals surface area contributed by atoms with Gasteiger partial charge in [0.15, 0.2) is 17.5 Å². The van der Waals surface area contributed by atoms with E-state index in [9.17, 15) is 4.79 Å². The highest BCUT2D eigenvalue weighted by atomic mass is 127. The Bertz CT molecular complexity index is 892. The Kier molecular flexibility index (Phi) is 8.84. The number of ether oxygens (including phenoxy) is 2. The van der Waals surface area contributed by atoms with Crippen LogP contribution in [0.5, 0.6) is 11.5 Å². The topological polar surface area (TPSA) is 84.0 Å². The molecule has 0 bridgehead atoms. The van der Waals surface area contributed by atoms with E-state index in [1.807, 2.05) is 37.3 Å². The molecule has 0 saturated heterocycles. The fourth-order valence-electron chi connectivity index (χ4n) is 2.69. The summed E-state index contributed by atoms with van der Waals surface area (Å²) in [5.74, 6) is 1.99. The lowest BCUT2D eigenvalue weighted by atomic mass is 10.2. The van der Waals surface area contributed by atoms with Crippen molar-refractivity contribution in [3.8, 4) is 11.5 Å². The lowest BCUT2D eigenvalue weighted by Gasteiger charge is -2.12. The van der Waals surface area contributed by atoms with Gasteiger partial charge >= 0.3 is 0 Å². The molecule has 0 aromatic heterocycles. The summed E-state index contributed by atoms with van der Waals surface area (Å²) in [7, 11) is 1.68. The number of anilines is 1. The molecule has 1 amide bonds. The molecule has 0 fully saturated rings. The maximum Gasteiger partial charge on any atom is 0.231 e. The van der Waals surface area contributed by atoms with Crippen LogP contribution in [0.1, 0.15) is 17.5 Å². The van der Waals surface area contributed by atoms with Crippen LogP contribution in [0.25, 0.3) is 0 Å². The molecule has 1 aliphatic rings. The summed E-state index contributed by atoms with van der Waals surface area (Å²) in [5.41, 5.74) is 2.70. The van der Waals surface area contributed by atoms with Gasteiger partial charge in [0, 0.05) is 26.6 Å². The Morgan fingerprint density at radius 1 is 1.14 bits per heavy atom. The first-order valence-electron chi connectivity index (χ1n) is 8.94. The summed E-state index contributed by atoms with van der Waals surface area (Å²) in [6, 6.07) is 11.3. The third-order valence-electron chi connectivity index (χ3n) is 4.16. The van der Waals surface area contributed by atoms with E-state index in [4.69, 9.17) is 21.1 Å². The second-order valence-corrected chi connectivity index (χ2v) is 6.73. The van der Waals surface area contributed by atoms with Gasteiger partial charge in [-0.2, -0.15) is 0 Å². The summed E-state index contributed by atoms with van der Waals surface area (Å²) in [4.78, 5) is 16.3. The van der Waals surface area contributed by atoms with E-state index in [-0.39, 0.29) is 43.1 Å². The Balaban J connectivity index is 0.00000300. The van der Waals surface area contributed by atoms with Gasteiger partial charge in [-0.15, -0.1) is 24.0 Å². The molecule has 7 nitrogen and oxygen atoms in total. The van der Waals surface area contributed by atoms with Gasteiger partial charge in [0.1, 0.15) is 0 Å². The molecule has 3 rings (SSSR count). The van der Waals surface area contributed by atoms with Crippen molar-refractivity contribution in [1.29, 1.82) is 0 Å². The number of hydrogen-bond donors (Lipinski definition) is 3. The van der Waals surface area contributed by atoms with Crippen LogP contribution in [-0.2, 0) is 11.3 Å². The van der Waals surface area contributed by atoms with Crippen molar-refractivity contribution in [3.05, 3.63) is 52.5 Å². The zero-order valence-electron chi connectivity index (χ0n) is 16.3. The van der Waals surface area contributed by atoms with Crippen molar-refractivity contribution in [2.24, 2.45) is 4.99 Å². The lowest BCUT2D eigenvalue weighted by Crippen LogP contribution is -2.38. The third-order valence-corrected chi connectivity index (χ3v) is 4.48. The van der Waals surface area contributed by atoms with E-state index in [1.54, 1.807) is 13.1 Å². The van der Waals surface area contributed by atoms with Crippen molar-refractivity contribution in [2.75, 3.05) is 25.7 Å². The Hall–Kier alpha value is -2.20. The van der Waals surface area contributed by atoms with Crippen LogP contribution in [0.3, 0.4) is 0 Å². The first kappa shape index (κ1) is 23.1. The first-order chi connectivity index (χ1) is 13.5. The normalized spacial score (nSPS) is 12.2. The zero-order valence-corrected chi connectivity index (χ0v) is 19.3. The van der Waals surface area contributed by atoms with Crippen molar-refractivity contribution >= 4 is 53.1 Å². The molecule has 0 atom stereocenters. The van der Waals surface area contributed by atoms with Crippen LogP contribution >= 0.6 is 35.6 Å². The van der Waals surface area contributed by atoms with Gasteiger partial charge in [0.05, 0.1) is 10.7 Å². The van der Waals surface area contributed by atoms with Crippen molar-refractivity contribution in [2.45, 2.75) is 19.9 Å². The summed E-state index contributed by atoms with van der Waals surface area (Å²) < 4.78 is 10.7. The van der Waals surface area contributed by atoms with Crippen molar-refractivity contribution in [1.82, 2.24) is 10.6 Å². The van der Waals surface area contributed by atoms with Crippen LogP contribution in [-0.4, -0.2) is 32.3 Å². The number of amides is 1. The monoisotopic (exact) mass is 530 g/mol. The molecule has 1 aliphatic heterocycles. The number of guanidine groups is 1. The van der Waals surface area contributed by atoms with Gasteiger partial charge in [-0.3, -0.25) is 9.79 Å². The largest absolute Gasteiger partial charge is 0.454 e. The molecule has 0 radical (unpaired) electrons. The highest BCUT2D eigenvalue weighted by molar-refractivity contribution is 14.0. The number of nitrogens with one attached hydrogen (secondary N) is 3. The molecule has 2 aromatic rings. The minimum Gasteiger partial charge on any atom is -0.454 e. The lowest BCUT2D eigenvalue weighted by molar-refractivity contribution is -0.116. The van der Waals surface area contributed by atoms with E-state index in [1.165, 1.54) is 0 Å². The summed E-state index contributed by atoms with van der Waals surface area (Å²) >= 11 is 6.14. The number of aliphatic imine (C=N–C) groups is 1. The molecule has 0 aliphatic carbocycles. The average molecular weight is 531 g/mol. The van der Waals surface area contributed by atoms with E-state index in [0.29, 0.717) is 29.8 Å². The summed E-state index contributed by atoms with van der Waals surface area (Å²) in [6.07, 6.45) is 0.287. The first-order valence-corrected chi connectivity index (χ1v) is 9.32. The van der Waals surface area contributed by atoms with Gasteiger partial charge < -0.3 is 25.4 Å². The highest BCUT2D eigenvalue weighted by Gasteiger charge is 2.13. The number of halogens is 2. The molecule has 0 unspecified atom stereocenters. The highest BCUT2D eigenvalue weighted by Crippen LogP contribution is 2.32. The predicted molar refractivity (Wildman–Crippen MR) is 126 cm³/mol. The van der Waals surface area contributed by atoms with Gasteiger partial charge in [-0.1, -0.05) is 23.7 Å². The SMILES string of the molecule is CN=C(NCCC(=O)Nc1ccc(C)cc1Cl)NCc1ccc2c(c1)OCO2.I. The van der Waals surface area contributed by atoms with E-state index in [2.05, 4.69) is 20.9 Å². The molecule has 3 N–H and O–H groups in total. The van der Waals surface area contributed by atoms with Crippen LogP contribution in [0, 0.1) is 6.92 Å². The Morgan fingerprint density at radius 3 is 2.69 bits per heavy atom. The molecule has 156 valence electrons. The van der Waals surface area contributed by atoms with Gasteiger partial charge in [-0.05, 0) is 42.3 Å². The van der Waals surface area contributed by atoms with Crippen LogP contribution in [0.4, 0.5) is 5.69 Å². The molecule has 2 aromatic carbocycles. The Labute approximate surface area is 192 Å². The number of rotatable bonds is 6. The fourth-order valence-corrected chi connectivity index (χ4v) is 2.97. The van der Waals surface area contributed by atoms with Gasteiger partial charge in [0.25, 0.3) is 0 Å². The van der Waals surface area contributed by atoms with Crippen LogP contribution in [0.15, 0.2) is 41.4 Å². The standard InChI is InChI=1S/C20H23ClN4O3.HI/c1-13-3-5-16(15(21)9-13)25-19(26)7-8-23-20(22-2)24-11-14-4-6-17-18(10-14)28-12-27-17;/h3-6,9-10H,7-8,11-12H2,1-2H3,(H,25,26)(H2,22,23,24);1H. The maximum absolute atomic E-state index is 12.1. The smallest absolute Gasteiger partial charge is 0.231 e. The number of fused-ring (bicyclic) bond motifs is 1. The van der Waals surface area contributed by atoms with Gasteiger partial charge in [-0.25, -0.2) is 0 Å². The number of benzene rings is 2. The Morgan fingerprint density at radius 2 is 1.93 bits per heavy atom. The van der Waals surface area contributed by atoms with Crippen molar-refractivity contribution in [3.63, 3.8) is 0 Å². The number of hydrogen-bond acceptors (Lipinski definition) is 4. The number of carbonyl (C=O) groups is 1. The second-order valence-electron chi connectivity index (χ2n) is 6.32. The second kappa shape index (κ2) is 11.1. The quantitative estimate of drug-likeness (QED) is 0.301. The predicted octanol–water partition coefficient (Wildman–Crippen LogP) is 3.69. The zero-order chi connectivity index (χ0) is 19.9. The summed E-state index contributed by atoms with van der Waals surface area (Å²) in [6.45, 7) is 3.21. The molecular formula is C20H24ClIN4O3.